The lowest BCUT2D eigenvalue weighted by Crippen LogP contribution is -2.01. The first-order chi connectivity index (χ1) is 7.56. The molecule has 0 amide bonds. The van der Waals surface area contributed by atoms with Gasteiger partial charge in [-0.25, -0.2) is 5.48 Å². The molecule has 0 bridgehead atoms. The van der Waals surface area contributed by atoms with Crippen LogP contribution in [0, 0.1) is 0 Å². The van der Waals surface area contributed by atoms with Crippen molar-refractivity contribution < 1.29 is 9.94 Å². The van der Waals surface area contributed by atoms with Gasteiger partial charge in [-0.3, -0.25) is 0 Å². The van der Waals surface area contributed by atoms with Crippen LogP contribution in [0.25, 0.3) is 0 Å². The van der Waals surface area contributed by atoms with Gasteiger partial charge < -0.3 is 15.7 Å². The second-order valence-electron chi connectivity index (χ2n) is 2.75. The van der Waals surface area contributed by atoms with Gasteiger partial charge in [-0.1, -0.05) is 45.9 Å². The van der Waals surface area contributed by atoms with E-state index >= 15 is 0 Å². The number of nitrogen functional groups attached to an aromatic ring is 1. The molecule has 2 rings (SSSR count). The molecule has 0 aliphatic heterocycles. The standard InChI is InChI=1S/C8H6Cl2N2O2S2/c9-3-2-6(13)16-7(3)12-14-8-4(10)1-5(11)15-8/h1-2,12-13H,11H2. The average Bonchev–Trinajstić information content (AvgIpc) is 2.66. The van der Waals surface area contributed by atoms with E-state index < -0.39 is 0 Å². The Kier molecular flexibility index (Phi) is 3.34. The van der Waals surface area contributed by atoms with E-state index in [0.29, 0.717) is 25.1 Å². The van der Waals surface area contributed by atoms with Crippen molar-refractivity contribution in [2.45, 2.75) is 0 Å². The van der Waals surface area contributed by atoms with Crippen LogP contribution in [0.3, 0.4) is 0 Å². The maximum atomic E-state index is 9.18. The highest BCUT2D eigenvalue weighted by Gasteiger charge is 2.10. The van der Waals surface area contributed by atoms with Crippen LogP contribution in [0.4, 0.5) is 10.0 Å². The van der Waals surface area contributed by atoms with Crippen molar-refractivity contribution >= 4 is 55.9 Å². The second-order valence-corrected chi connectivity index (χ2v) is 5.64. The van der Waals surface area contributed by atoms with Crippen LogP contribution in [0.15, 0.2) is 12.1 Å². The molecular formula is C8H6Cl2N2O2S2. The summed E-state index contributed by atoms with van der Waals surface area (Å²) in [4.78, 5) is 5.21. The molecule has 2 aromatic rings. The molecule has 0 aliphatic rings. The summed E-state index contributed by atoms with van der Waals surface area (Å²) in [5.41, 5.74) is 8.15. The first-order valence-corrected chi connectivity index (χ1v) is 6.41. The number of nitrogens with two attached hydrogens (primary N) is 1. The van der Waals surface area contributed by atoms with Gasteiger partial charge in [0.05, 0.1) is 15.0 Å². The predicted octanol–water partition coefficient (Wildman–Crippen LogP) is 3.81. The van der Waals surface area contributed by atoms with Crippen LogP contribution in [-0.2, 0) is 0 Å². The SMILES string of the molecule is Nc1cc(Cl)c(ONc2sc(O)cc2Cl)s1. The number of halogens is 2. The van der Waals surface area contributed by atoms with Crippen molar-refractivity contribution in [3.63, 3.8) is 0 Å². The predicted molar refractivity (Wildman–Crippen MR) is 69.0 cm³/mol. The van der Waals surface area contributed by atoms with E-state index in [-0.39, 0.29) is 5.06 Å². The average molecular weight is 297 g/mol. The first-order valence-electron chi connectivity index (χ1n) is 4.02. The minimum Gasteiger partial charge on any atom is -0.499 e. The van der Waals surface area contributed by atoms with Gasteiger partial charge in [0.25, 0.3) is 0 Å². The summed E-state index contributed by atoms with van der Waals surface area (Å²) in [6.45, 7) is 0. The Labute approximate surface area is 109 Å². The molecule has 2 aromatic heterocycles. The molecule has 0 saturated carbocycles. The maximum absolute atomic E-state index is 9.18. The molecule has 16 heavy (non-hydrogen) atoms. The van der Waals surface area contributed by atoms with E-state index in [0.717, 1.165) is 11.3 Å². The Morgan fingerprint density at radius 3 is 2.50 bits per heavy atom. The van der Waals surface area contributed by atoms with Gasteiger partial charge in [0.1, 0.15) is 5.00 Å². The molecule has 0 spiro atoms. The highest BCUT2D eigenvalue weighted by molar-refractivity contribution is 7.19. The van der Waals surface area contributed by atoms with Gasteiger partial charge in [-0.2, -0.15) is 0 Å². The number of anilines is 2. The van der Waals surface area contributed by atoms with E-state index in [2.05, 4.69) is 5.48 Å². The number of hydrogen-bond donors (Lipinski definition) is 3. The number of rotatable bonds is 3. The summed E-state index contributed by atoms with van der Waals surface area (Å²) >= 11 is 13.9. The number of aromatic hydroxyl groups is 1. The van der Waals surface area contributed by atoms with Crippen molar-refractivity contribution in [3.8, 4) is 10.1 Å². The zero-order valence-electron chi connectivity index (χ0n) is 7.66. The largest absolute Gasteiger partial charge is 0.499 e. The molecule has 86 valence electrons. The number of hydrogen-bond acceptors (Lipinski definition) is 6. The molecule has 0 aromatic carbocycles. The van der Waals surface area contributed by atoms with Crippen molar-refractivity contribution in [1.82, 2.24) is 0 Å². The second kappa shape index (κ2) is 4.58. The van der Waals surface area contributed by atoms with Gasteiger partial charge in [0.15, 0.2) is 5.06 Å². The lowest BCUT2D eigenvalue weighted by atomic mass is 10.6. The Morgan fingerprint density at radius 2 is 2.00 bits per heavy atom. The molecule has 0 fully saturated rings. The van der Waals surface area contributed by atoms with E-state index in [1.54, 1.807) is 6.07 Å². The molecule has 0 saturated heterocycles. The lowest BCUT2D eigenvalue weighted by molar-refractivity contribution is 0.419. The third kappa shape index (κ3) is 2.46. The van der Waals surface area contributed by atoms with E-state index in [1.807, 2.05) is 0 Å². The van der Waals surface area contributed by atoms with Gasteiger partial charge >= 0.3 is 0 Å². The summed E-state index contributed by atoms with van der Waals surface area (Å²) in [5, 5.41) is 11.6. The zero-order chi connectivity index (χ0) is 11.7. The highest BCUT2D eigenvalue weighted by Crippen LogP contribution is 2.39. The Balaban J connectivity index is 2.07. The summed E-state index contributed by atoms with van der Waals surface area (Å²) < 4.78 is 0. The highest BCUT2D eigenvalue weighted by atomic mass is 35.5. The smallest absolute Gasteiger partial charge is 0.229 e. The zero-order valence-corrected chi connectivity index (χ0v) is 10.8. The van der Waals surface area contributed by atoms with Crippen LogP contribution in [0.2, 0.25) is 10.0 Å². The number of nitrogens with one attached hydrogen (secondary N) is 1. The summed E-state index contributed by atoms with van der Waals surface area (Å²) in [5.74, 6) is 0. The molecule has 4 N–H and O–H groups in total. The Morgan fingerprint density at radius 1 is 1.25 bits per heavy atom. The number of thiophene rings is 2. The quantitative estimate of drug-likeness (QED) is 0.754. The molecule has 4 nitrogen and oxygen atoms in total. The van der Waals surface area contributed by atoms with E-state index in [4.69, 9.17) is 33.8 Å². The Bertz CT molecular complexity index is 466. The molecule has 0 unspecified atom stereocenters. The topological polar surface area (TPSA) is 67.5 Å². The monoisotopic (exact) mass is 296 g/mol. The van der Waals surface area contributed by atoms with Crippen molar-refractivity contribution in [2.24, 2.45) is 0 Å². The van der Waals surface area contributed by atoms with Crippen LogP contribution in [-0.4, -0.2) is 5.11 Å². The molecule has 0 aliphatic carbocycles. The van der Waals surface area contributed by atoms with Gasteiger partial charge in [-0.05, 0) is 6.07 Å². The van der Waals surface area contributed by atoms with Crippen molar-refractivity contribution in [1.29, 1.82) is 0 Å². The summed E-state index contributed by atoms with van der Waals surface area (Å²) in [6.07, 6.45) is 0. The molecular weight excluding hydrogens is 291 g/mol. The fourth-order valence-corrected chi connectivity index (χ4v) is 2.87. The fourth-order valence-electron chi connectivity index (χ4n) is 0.958. The Hall–Kier alpha value is -0.820. The third-order valence-corrected chi connectivity index (χ3v) is 4.06. The van der Waals surface area contributed by atoms with E-state index in [1.165, 1.54) is 17.4 Å². The van der Waals surface area contributed by atoms with Crippen molar-refractivity contribution in [3.05, 3.63) is 22.2 Å². The van der Waals surface area contributed by atoms with Crippen LogP contribution in [0.5, 0.6) is 10.1 Å². The molecule has 2 heterocycles. The van der Waals surface area contributed by atoms with Crippen LogP contribution in [0.1, 0.15) is 0 Å². The van der Waals surface area contributed by atoms with Gasteiger partial charge in [-0.15, -0.1) is 0 Å². The van der Waals surface area contributed by atoms with Crippen LogP contribution < -0.4 is 16.1 Å². The summed E-state index contributed by atoms with van der Waals surface area (Å²) in [6, 6.07) is 3.01. The molecule has 0 radical (unpaired) electrons. The molecule has 8 heteroatoms. The van der Waals surface area contributed by atoms with Crippen LogP contribution >= 0.6 is 45.9 Å². The lowest BCUT2D eigenvalue weighted by Gasteiger charge is -2.03. The third-order valence-electron chi connectivity index (χ3n) is 1.58. The maximum Gasteiger partial charge on any atom is 0.229 e. The van der Waals surface area contributed by atoms with Gasteiger partial charge in [0.2, 0.25) is 5.06 Å². The fraction of sp³-hybridized carbons (Fsp3) is 0. The minimum atomic E-state index is 0.105. The first kappa shape index (κ1) is 11.7. The molecule has 0 atom stereocenters. The van der Waals surface area contributed by atoms with Gasteiger partial charge in [0, 0.05) is 6.07 Å². The van der Waals surface area contributed by atoms with Crippen molar-refractivity contribution in [2.75, 3.05) is 11.2 Å². The summed E-state index contributed by atoms with van der Waals surface area (Å²) in [7, 11) is 0. The normalized spacial score (nSPS) is 10.4. The minimum absolute atomic E-state index is 0.105. The van der Waals surface area contributed by atoms with E-state index in [9.17, 15) is 5.11 Å².